The van der Waals surface area contributed by atoms with E-state index in [9.17, 15) is 0 Å². The van der Waals surface area contributed by atoms with Crippen LogP contribution in [0.15, 0.2) is 183 Å². The van der Waals surface area contributed by atoms with Gasteiger partial charge in [-0.25, -0.2) is 9.97 Å². The lowest BCUT2D eigenvalue weighted by atomic mass is 9.99. The molecule has 0 aliphatic rings. The van der Waals surface area contributed by atoms with Gasteiger partial charge in [-0.05, 0) is 69.3 Å². The number of aromatic nitrogens is 2. The molecule has 0 bridgehead atoms. The van der Waals surface area contributed by atoms with Crippen molar-refractivity contribution in [2.75, 3.05) is 0 Å². The van der Waals surface area contributed by atoms with Crippen molar-refractivity contribution < 1.29 is 0 Å². The molecular formula is C45H34N2. The van der Waals surface area contributed by atoms with E-state index in [1.807, 2.05) is 31.2 Å². The van der Waals surface area contributed by atoms with Crippen molar-refractivity contribution in [1.29, 1.82) is 0 Å². The molecule has 7 rings (SSSR count). The third kappa shape index (κ3) is 6.49. The Bertz CT molecular complexity index is 2240. The number of hydrogen-bond donors (Lipinski definition) is 0. The van der Waals surface area contributed by atoms with E-state index in [0.29, 0.717) is 5.82 Å². The van der Waals surface area contributed by atoms with E-state index >= 15 is 0 Å². The summed E-state index contributed by atoms with van der Waals surface area (Å²) in [5.41, 5.74) is 11.6. The van der Waals surface area contributed by atoms with Gasteiger partial charge in [0.2, 0.25) is 0 Å². The molecule has 0 aliphatic heterocycles. The summed E-state index contributed by atoms with van der Waals surface area (Å²) in [7, 11) is 0. The fourth-order valence-electron chi connectivity index (χ4n) is 5.86. The van der Waals surface area contributed by atoms with Crippen LogP contribution in [-0.2, 0) is 0 Å². The number of allylic oxidation sites excluding steroid dienone is 5. The molecule has 2 nitrogen and oxygen atoms in total. The first-order valence-corrected chi connectivity index (χ1v) is 15.9. The molecule has 6 aromatic carbocycles. The Morgan fingerprint density at radius 1 is 0.489 bits per heavy atom. The average Bonchev–Trinajstić information content (AvgIpc) is 3.15. The van der Waals surface area contributed by atoms with E-state index in [4.69, 9.17) is 9.97 Å². The van der Waals surface area contributed by atoms with Gasteiger partial charge in [0.15, 0.2) is 5.82 Å². The third-order valence-corrected chi connectivity index (χ3v) is 8.42. The summed E-state index contributed by atoms with van der Waals surface area (Å²) < 4.78 is 0. The Morgan fingerprint density at radius 3 is 1.81 bits per heavy atom. The quantitative estimate of drug-likeness (QED) is 0.162. The summed E-state index contributed by atoms with van der Waals surface area (Å²) in [4.78, 5) is 10.2. The summed E-state index contributed by atoms with van der Waals surface area (Å²) in [5.74, 6) is 0.691. The second-order valence-corrected chi connectivity index (χ2v) is 11.5. The Labute approximate surface area is 276 Å². The van der Waals surface area contributed by atoms with Crippen molar-refractivity contribution in [2.45, 2.75) is 6.92 Å². The summed E-state index contributed by atoms with van der Waals surface area (Å²) in [6.07, 6.45) is 8.01. The SMILES string of the molecule is C=C/C(=C\C=C/C)c1ccc(-c2cc(-c3cccc(-c4ccccc4)c3)nc(-c3ccc(-c4ccc5ccccc5c4)cc3)n2)cc1. The molecule has 0 saturated heterocycles. The van der Waals surface area contributed by atoms with Gasteiger partial charge in [0.25, 0.3) is 0 Å². The Balaban J connectivity index is 1.30. The molecule has 1 heterocycles. The minimum absolute atomic E-state index is 0.691. The second kappa shape index (κ2) is 13.5. The third-order valence-electron chi connectivity index (χ3n) is 8.42. The van der Waals surface area contributed by atoms with Crippen LogP contribution in [0.1, 0.15) is 12.5 Å². The van der Waals surface area contributed by atoms with Crippen molar-refractivity contribution in [3.05, 3.63) is 188 Å². The molecular weight excluding hydrogens is 569 g/mol. The highest BCUT2D eigenvalue weighted by atomic mass is 14.9. The van der Waals surface area contributed by atoms with E-state index < -0.39 is 0 Å². The molecule has 2 heteroatoms. The van der Waals surface area contributed by atoms with Gasteiger partial charge < -0.3 is 0 Å². The maximum atomic E-state index is 5.13. The molecule has 0 N–H and O–H groups in total. The minimum atomic E-state index is 0.691. The lowest BCUT2D eigenvalue weighted by molar-refractivity contribution is 1.18. The van der Waals surface area contributed by atoms with Crippen LogP contribution < -0.4 is 0 Å². The largest absolute Gasteiger partial charge is 0.228 e. The predicted molar refractivity (Wildman–Crippen MR) is 200 cm³/mol. The van der Waals surface area contributed by atoms with Gasteiger partial charge in [-0.2, -0.15) is 0 Å². The molecule has 7 aromatic rings. The molecule has 1 aromatic heterocycles. The zero-order valence-corrected chi connectivity index (χ0v) is 26.3. The monoisotopic (exact) mass is 602 g/mol. The molecule has 0 unspecified atom stereocenters. The first-order valence-electron chi connectivity index (χ1n) is 15.9. The van der Waals surface area contributed by atoms with E-state index in [1.165, 1.54) is 21.9 Å². The fourth-order valence-corrected chi connectivity index (χ4v) is 5.86. The number of rotatable bonds is 8. The number of benzene rings is 6. The van der Waals surface area contributed by atoms with Crippen LogP contribution in [0.25, 0.3) is 72.5 Å². The highest BCUT2D eigenvalue weighted by Gasteiger charge is 2.13. The van der Waals surface area contributed by atoms with Gasteiger partial charge >= 0.3 is 0 Å². The molecule has 0 radical (unpaired) electrons. The van der Waals surface area contributed by atoms with Crippen molar-refractivity contribution >= 4 is 16.3 Å². The Kier molecular flexibility index (Phi) is 8.48. The first-order chi connectivity index (χ1) is 23.2. The summed E-state index contributed by atoms with van der Waals surface area (Å²) in [6.45, 7) is 6.02. The molecule has 47 heavy (non-hydrogen) atoms. The number of fused-ring (bicyclic) bond motifs is 1. The van der Waals surface area contributed by atoms with Crippen LogP contribution in [0.3, 0.4) is 0 Å². The van der Waals surface area contributed by atoms with Crippen LogP contribution in [0.5, 0.6) is 0 Å². The normalized spacial score (nSPS) is 11.6. The lowest BCUT2D eigenvalue weighted by Gasteiger charge is -2.12. The van der Waals surface area contributed by atoms with Crippen LogP contribution in [-0.4, -0.2) is 9.97 Å². The maximum Gasteiger partial charge on any atom is 0.160 e. The van der Waals surface area contributed by atoms with Crippen molar-refractivity contribution in [1.82, 2.24) is 9.97 Å². The summed E-state index contributed by atoms with van der Waals surface area (Å²) >= 11 is 0. The standard InChI is InChI=1S/C45H34N2/c1-3-5-12-32(4-2)35-19-24-37(25-20-35)43-31-44(42-18-11-17-40(30-42)33-13-7-6-8-14-33)47-45(46-43)38-26-21-36(22-27-38)41-28-23-34-15-9-10-16-39(34)29-41/h3-31H,2H2,1H3/b5-3-,32-12+. The van der Waals surface area contributed by atoms with E-state index in [2.05, 4.69) is 158 Å². The molecule has 0 saturated carbocycles. The van der Waals surface area contributed by atoms with Gasteiger partial charge in [0.05, 0.1) is 11.4 Å². The first kappa shape index (κ1) is 29.6. The van der Waals surface area contributed by atoms with Gasteiger partial charge in [-0.3, -0.25) is 0 Å². The molecule has 0 spiro atoms. The fraction of sp³-hybridized carbons (Fsp3) is 0.0222. The van der Waals surface area contributed by atoms with Gasteiger partial charge in [-0.15, -0.1) is 0 Å². The zero-order chi connectivity index (χ0) is 32.0. The van der Waals surface area contributed by atoms with Crippen LogP contribution in [0.4, 0.5) is 0 Å². The maximum absolute atomic E-state index is 5.13. The molecule has 0 aliphatic carbocycles. The second-order valence-electron chi connectivity index (χ2n) is 11.5. The van der Waals surface area contributed by atoms with Gasteiger partial charge in [0, 0.05) is 16.7 Å². The predicted octanol–water partition coefficient (Wildman–Crippen LogP) is 12.1. The molecule has 0 fully saturated rings. The highest BCUT2D eigenvalue weighted by molar-refractivity contribution is 5.87. The van der Waals surface area contributed by atoms with Crippen LogP contribution in [0.2, 0.25) is 0 Å². The zero-order valence-electron chi connectivity index (χ0n) is 26.3. The van der Waals surface area contributed by atoms with Gasteiger partial charge in [0.1, 0.15) is 0 Å². The van der Waals surface area contributed by atoms with Crippen molar-refractivity contribution in [2.24, 2.45) is 0 Å². The number of nitrogens with zero attached hydrogens (tertiary/aromatic N) is 2. The number of hydrogen-bond acceptors (Lipinski definition) is 2. The lowest BCUT2D eigenvalue weighted by Crippen LogP contribution is -1.96. The van der Waals surface area contributed by atoms with E-state index in [1.54, 1.807) is 0 Å². The van der Waals surface area contributed by atoms with Crippen molar-refractivity contribution in [3.8, 4) is 56.2 Å². The molecule has 0 amide bonds. The van der Waals surface area contributed by atoms with E-state index in [0.717, 1.165) is 50.3 Å². The molecule has 0 atom stereocenters. The van der Waals surface area contributed by atoms with Gasteiger partial charge in [-0.1, -0.05) is 164 Å². The summed E-state index contributed by atoms with van der Waals surface area (Å²) in [6, 6.07) is 53.3. The van der Waals surface area contributed by atoms with E-state index in [-0.39, 0.29) is 0 Å². The topological polar surface area (TPSA) is 25.8 Å². The highest BCUT2D eigenvalue weighted by Crippen LogP contribution is 2.32. The average molecular weight is 603 g/mol. The van der Waals surface area contributed by atoms with Crippen LogP contribution >= 0.6 is 0 Å². The van der Waals surface area contributed by atoms with Crippen LogP contribution in [0, 0.1) is 0 Å². The minimum Gasteiger partial charge on any atom is -0.228 e. The van der Waals surface area contributed by atoms with Crippen molar-refractivity contribution in [3.63, 3.8) is 0 Å². The Morgan fingerprint density at radius 2 is 1.06 bits per heavy atom. The smallest absolute Gasteiger partial charge is 0.160 e. The molecule has 224 valence electrons. The Hall–Kier alpha value is -6.12. The summed E-state index contributed by atoms with van der Waals surface area (Å²) in [5, 5.41) is 2.47.